The molecular formula is C31H23Cl3N2O4S. The van der Waals surface area contributed by atoms with Crippen LogP contribution in [-0.4, -0.2) is 18.9 Å². The predicted octanol–water partition coefficient (Wildman–Crippen LogP) is 9.17. The van der Waals surface area contributed by atoms with Gasteiger partial charge < -0.3 is 9.15 Å². The molecule has 5 rings (SSSR count). The summed E-state index contributed by atoms with van der Waals surface area (Å²) >= 11 is 18.2. The number of benzene rings is 4. The van der Waals surface area contributed by atoms with E-state index in [1.165, 1.54) is 28.6 Å². The Bertz CT molecular complexity index is 1760. The minimum Gasteiger partial charge on any atom is -0.459 e. The molecule has 0 aliphatic heterocycles. The highest BCUT2D eigenvalue weighted by Gasteiger charge is 2.26. The van der Waals surface area contributed by atoms with Crippen molar-refractivity contribution in [3.05, 3.63) is 141 Å². The van der Waals surface area contributed by atoms with Crippen LogP contribution in [0.5, 0.6) is 11.5 Å². The standard InChI is InChI=1S/C31H23Cl3N2O4S/c32-23-7-15-29(16-8-23)41(37,38)36(20-22-6-17-30(33)31(34)18-22)21-28-14-13-27(40-28)19-35-24-9-11-26(12-10-24)39-25-4-2-1-3-5-25/h1-19H,20-21H2. The van der Waals surface area contributed by atoms with Gasteiger partial charge in [0, 0.05) is 11.6 Å². The maximum Gasteiger partial charge on any atom is 0.243 e. The lowest BCUT2D eigenvalue weighted by atomic mass is 10.2. The molecule has 0 spiro atoms. The minimum absolute atomic E-state index is 0.0232. The zero-order valence-electron chi connectivity index (χ0n) is 21.5. The summed E-state index contributed by atoms with van der Waals surface area (Å²) in [6.07, 6.45) is 1.58. The van der Waals surface area contributed by atoms with Crippen molar-refractivity contribution < 1.29 is 17.6 Å². The number of ether oxygens (including phenoxy) is 1. The van der Waals surface area contributed by atoms with Crippen LogP contribution in [0.15, 0.2) is 123 Å². The first-order valence-corrected chi connectivity index (χ1v) is 15.0. The normalized spacial score (nSPS) is 11.8. The average molecular weight is 626 g/mol. The van der Waals surface area contributed by atoms with Crippen LogP contribution < -0.4 is 4.74 Å². The molecule has 0 aliphatic carbocycles. The maximum absolute atomic E-state index is 13.6. The summed E-state index contributed by atoms with van der Waals surface area (Å²) in [6.45, 7) is 0.0218. The van der Waals surface area contributed by atoms with E-state index in [9.17, 15) is 8.42 Å². The monoisotopic (exact) mass is 624 g/mol. The quantitative estimate of drug-likeness (QED) is 0.145. The van der Waals surface area contributed by atoms with Crippen molar-refractivity contribution in [3.8, 4) is 11.5 Å². The molecule has 0 radical (unpaired) electrons. The lowest BCUT2D eigenvalue weighted by molar-refractivity contribution is 0.357. The van der Waals surface area contributed by atoms with Crippen LogP contribution in [0.1, 0.15) is 17.1 Å². The van der Waals surface area contributed by atoms with E-state index in [4.69, 9.17) is 44.0 Å². The van der Waals surface area contributed by atoms with E-state index in [0.29, 0.717) is 43.6 Å². The second-order valence-electron chi connectivity index (χ2n) is 8.95. The molecule has 4 aromatic carbocycles. The average Bonchev–Trinajstić information content (AvgIpc) is 3.42. The van der Waals surface area contributed by atoms with Gasteiger partial charge in [-0.1, -0.05) is 59.1 Å². The Kier molecular flexibility index (Phi) is 9.12. The number of sulfonamides is 1. The van der Waals surface area contributed by atoms with Crippen LogP contribution in [0.25, 0.3) is 0 Å². The van der Waals surface area contributed by atoms with Crippen molar-refractivity contribution in [1.29, 1.82) is 0 Å². The number of hydrogen-bond acceptors (Lipinski definition) is 5. The molecule has 0 amide bonds. The summed E-state index contributed by atoms with van der Waals surface area (Å²) in [5, 5.41) is 1.16. The van der Waals surface area contributed by atoms with Crippen molar-refractivity contribution in [2.24, 2.45) is 4.99 Å². The van der Waals surface area contributed by atoms with Gasteiger partial charge in [-0.15, -0.1) is 0 Å². The fourth-order valence-corrected chi connectivity index (χ4v) is 5.75. The Hall–Kier alpha value is -3.59. The van der Waals surface area contributed by atoms with E-state index < -0.39 is 10.0 Å². The van der Waals surface area contributed by atoms with E-state index in [1.807, 2.05) is 54.6 Å². The Labute approximate surface area is 253 Å². The van der Waals surface area contributed by atoms with Crippen LogP contribution in [-0.2, 0) is 23.1 Å². The van der Waals surface area contributed by atoms with Crippen LogP contribution >= 0.6 is 34.8 Å². The molecule has 0 saturated carbocycles. The number of para-hydroxylation sites is 1. The second kappa shape index (κ2) is 12.9. The highest BCUT2D eigenvalue weighted by atomic mass is 35.5. The number of furan rings is 1. The molecule has 1 heterocycles. The maximum atomic E-state index is 13.6. The molecule has 41 heavy (non-hydrogen) atoms. The fraction of sp³-hybridized carbons (Fsp3) is 0.0645. The number of hydrogen-bond donors (Lipinski definition) is 0. The summed E-state index contributed by atoms with van der Waals surface area (Å²) in [6, 6.07) is 31.3. The molecule has 5 aromatic rings. The van der Waals surface area contributed by atoms with Gasteiger partial charge in [0.15, 0.2) is 0 Å². The van der Waals surface area contributed by atoms with Gasteiger partial charge in [0.1, 0.15) is 23.0 Å². The third-order valence-electron chi connectivity index (χ3n) is 5.97. The first-order valence-electron chi connectivity index (χ1n) is 12.4. The first-order chi connectivity index (χ1) is 19.8. The topological polar surface area (TPSA) is 72.1 Å². The highest BCUT2D eigenvalue weighted by molar-refractivity contribution is 7.89. The van der Waals surface area contributed by atoms with Crippen LogP contribution in [0, 0.1) is 0 Å². The molecule has 0 fully saturated rings. The zero-order chi connectivity index (χ0) is 28.8. The predicted molar refractivity (Wildman–Crippen MR) is 163 cm³/mol. The number of aliphatic imine (C=N–C) groups is 1. The van der Waals surface area contributed by atoms with Gasteiger partial charge in [-0.3, -0.25) is 4.99 Å². The Morgan fingerprint density at radius 3 is 2.17 bits per heavy atom. The van der Waals surface area contributed by atoms with E-state index in [2.05, 4.69) is 4.99 Å². The largest absolute Gasteiger partial charge is 0.459 e. The molecule has 0 aliphatic rings. The Balaban J connectivity index is 1.32. The third kappa shape index (κ3) is 7.58. The zero-order valence-corrected chi connectivity index (χ0v) is 24.5. The highest BCUT2D eigenvalue weighted by Crippen LogP contribution is 2.28. The summed E-state index contributed by atoms with van der Waals surface area (Å²) in [7, 11) is -3.92. The van der Waals surface area contributed by atoms with Crippen molar-refractivity contribution in [2.45, 2.75) is 18.0 Å². The van der Waals surface area contributed by atoms with Gasteiger partial charge >= 0.3 is 0 Å². The molecule has 10 heteroatoms. The van der Waals surface area contributed by atoms with Crippen LogP contribution in [0.4, 0.5) is 5.69 Å². The third-order valence-corrected chi connectivity index (χ3v) is 8.76. The van der Waals surface area contributed by atoms with Gasteiger partial charge in [0.25, 0.3) is 0 Å². The van der Waals surface area contributed by atoms with Crippen molar-refractivity contribution in [2.75, 3.05) is 0 Å². The lowest BCUT2D eigenvalue weighted by Gasteiger charge is -2.22. The second-order valence-corrected chi connectivity index (χ2v) is 12.1. The summed E-state index contributed by atoms with van der Waals surface area (Å²) < 4.78 is 40.3. The van der Waals surface area contributed by atoms with Crippen molar-refractivity contribution >= 4 is 56.7 Å². The molecule has 0 unspecified atom stereocenters. The van der Waals surface area contributed by atoms with E-state index in [1.54, 1.807) is 36.5 Å². The number of rotatable bonds is 10. The molecule has 208 valence electrons. The molecule has 6 nitrogen and oxygen atoms in total. The van der Waals surface area contributed by atoms with E-state index in [0.717, 1.165) is 5.75 Å². The minimum atomic E-state index is -3.92. The Morgan fingerprint density at radius 2 is 1.46 bits per heavy atom. The van der Waals surface area contributed by atoms with Gasteiger partial charge in [0.05, 0.1) is 33.4 Å². The molecule has 0 bridgehead atoms. The Morgan fingerprint density at radius 1 is 0.756 bits per heavy atom. The molecular weight excluding hydrogens is 603 g/mol. The summed E-state index contributed by atoms with van der Waals surface area (Å²) in [4.78, 5) is 4.57. The van der Waals surface area contributed by atoms with Gasteiger partial charge in [-0.2, -0.15) is 4.31 Å². The van der Waals surface area contributed by atoms with Crippen molar-refractivity contribution in [1.82, 2.24) is 4.31 Å². The lowest BCUT2D eigenvalue weighted by Crippen LogP contribution is -2.30. The van der Waals surface area contributed by atoms with E-state index in [-0.39, 0.29) is 18.0 Å². The fourth-order valence-electron chi connectivity index (χ4n) is 3.91. The summed E-state index contributed by atoms with van der Waals surface area (Å²) in [5.74, 6) is 2.36. The number of nitrogens with zero attached hydrogens (tertiary/aromatic N) is 2. The SMILES string of the molecule is O=S(=O)(c1ccc(Cl)cc1)N(Cc1ccc(Cl)c(Cl)c1)Cc1ccc(C=Nc2ccc(Oc3ccccc3)cc2)o1. The van der Waals surface area contributed by atoms with Crippen LogP contribution in [0.3, 0.4) is 0 Å². The smallest absolute Gasteiger partial charge is 0.243 e. The molecule has 0 N–H and O–H groups in total. The van der Waals surface area contributed by atoms with Crippen molar-refractivity contribution in [3.63, 3.8) is 0 Å². The first kappa shape index (κ1) is 28.9. The van der Waals surface area contributed by atoms with E-state index >= 15 is 0 Å². The van der Waals surface area contributed by atoms with Gasteiger partial charge in [-0.05, 0) is 90.5 Å². The molecule has 0 saturated heterocycles. The summed E-state index contributed by atoms with van der Waals surface area (Å²) in [5.41, 5.74) is 1.37. The number of halogens is 3. The molecule has 1 aromatic heterocycles. The van der Waals surface area contributed by atoms with Gasteiger partial charge in [-0.25, -0.2) is 8.42 Å². The molecule has 0 atom stereocenters. The van der Waals surface area contributed by atoms with Crippen LogP contribution in [0.2, 0.25) is 15.1 Å². The van der Waals surface area contributed by atoms with Gasteiger partial charge in [0.2, 0.25) is 10.0 Å².